The van der Waals surface area contributed by atoms with E-state index in [-0.39, 0.29) is 17.9 Å². The third-order valence-corrected chi connectivity index (χ3v) is 7.90. The molecule has 7 nitrogen and oxygen atoms in total. The predicted molar refractivity (Wildman–Crippen MR) is 146 cm³/mol. The molecule has 4 rings (SSSR count). The number of nitrogens with zero attached hydrogens (tertiary/aromatic N) is 2. The Morgan fingerprint density at radius 2 is 1.84 bits per heavy atom. The molecule has 1 saturated heterocycles. The van der Waals surface area contributed by atoms with Crippen molar-refractivity contribution < 1.29 is 19.1 Å². The number of amides is 2. The summed E-state index contributed by atoms with van der Waals surface area (Å²) in [4.78, 5) is 30.5. The van der Waals surface area contributed by atoms with Crippen molar-refractivity contribution in [3.05, 3.63) is 54.1 Å². The highest BCUT2D eigenvalue weighted by Crippen LogP contribution is 2.38. The highest BCUT2D eigenvalue weighted by Gasteiger charge is 2.42. The van der Waals surface area contributed by atoms with E-state index in [0.717, 1.165) is 42.9 Å². The Kier molecular flexibility index (Phi) is 8.95. The van der Waals surface area contributed by atoms with E-state index in [4.69, 9.17) is 9.47 Å². The number of hydrogen-bond acceptors (Lipinski definition) is 5. The molecule has 1 atom stereocenters. The lowest BCUT2D eigenvalue weighted by atomic mass is 9.73. The summed E-state index contributed by atoms with van der Waals surface area (Å²) in [5.74, 6) is 1.97. The maximum Gasteiger partial charge on any atom is 0.226 e. The van der Waals surface area contributed by atoms with Gasteiger partial charge in [-0.2, -0.15) is 0 Å². The van der Waals surface area contributed by atoms with Gasteiger partial charge in [0, 0.05) is 33.1 Å². The molecule has 2 aromatic carbocycles. The van der Waals surface area contributed by atoms with Crippen LogP contribution in [0.4, 0.5) is 5.69 Å². The zero-order valence-electron chi connectivity index (χ0n) is 22.5. The molecule has 7 heteroatoms. The first-order valence-corrected chi connectivity index (χ1v) is 13.6. The van der Waals surface area contributed by atoms with E-state index < -0.39 is 5.41 Å². The van der Waals surface area contributed by atoms with Crippen LogP contribution in [0.3, 0.4) is 0 Å². The second-order valence-electron chi connectivity index (χ2n) is 10.5. The van der Waals surface area contributed by atoms with E-state index in [9.17, 15) is 9.59 Å². The van der Waals surface area contributed by atoms with E-state index in [1.165, 1.54) is 5.56 Å². The fourth-order valence-electron chi connectivity index (χ4n) is 5.53. The van der Waals surface area contributed by atoms with E-state index in [1.807, 2.05) is 55.3 Å². The van der Waals surface area contributed by atoms with E-state index >= 15 is 0 Å². The molecule has 0 radical (unpaired) electrons. The molecule has 2 aromatic rings. The fraction of sp³-hybridized carbons (Fsp3) is 0.533. The quantitative estimate of drug-likeness (QED) is 0.648. The lowest BCUT2D eigenvalue weighted by Crippen LogP contribution is -2.52. The molecule has 2 aliphatic heterocycles. The van der Waals surface area contributed by atoms with Gasteiger partial charge >= 0.3 is 0 Å². The van der Waals surface area contributed by atoms with Gasteiger partial charge in [0.05, 0.1) is 24.3 Å². The van der Waals surface area contributed by atoms with Gasteiger partial charge in [0.2, 0.25) is 11.8 Å². The second kappa shape index (κ2) is 12.3. The van der Waals surface area contributed by atoms with Crippen molar-refractivity contribution in [1.29, 1.82) is 0 Å². The van der Waals surface area contributed by atoms with Crippen LogP contribution in [0.15, 0.2) is 48.5 Å². The molecular formula is C30H41N3O4. The number of ether oxygens (including phenoxy) is 2. The molecule has 1 N–H and O–H groups in total. The number of anilines is 1. The van der Waals surface area contributed by atoms with Crippen LogP contribution in [-0.4, -0.2) is 63.2 Å². The molecule has 0 bridgehead atoms. The number of nitrogens with one attached hydrogen (secondary N) is 1. The van der Waals surface area contributed by atoms with Crippen molar-refractivity contribution >= 4 is 17.5 Å². The number of carbonyl (C=O) groups is 2. The molecule has 2 aliphatic rings. The van der Waals surface area contributed by atoms with Gasteiger partial charge in [-0.15, -0.1) is 0 Å². The van der Waals surface area contributed by atoms with Crippen molar-refractivity contribution in [2.75, 3.05) is 45.3 Å². The van der Waals surface area contributed by atoms with E-state index in [0.29, 0.717) is 45.5 Å². The summed E-state index contributed by atoms with van der Waals surface area (Å²) < 4.78 is 11.5. The van der Waals surface area contributed by atoms with Crippen molar-refractivity contribution in [3.63, 3.8) is 0 Å². The maximum atomic E-state index is 13.5. The first kappa shape index (κ1) is 26.8. The van der Waals surface area contributed by atoms with Gasteiger partial charge in [0.1, 0.15) is 18.1 Å². The van der Waals surface area contributed by atoms with Crippen LogP contribution >= 0.6 is 0 Å². The molecule has 37 heavy (non-hydrogen) atoms. The predicted octanol–water partition coefficient (Wildman–Crippen LogP) is 4.44. The first-order valence-electron chi connectivity index (χ1n) is 13.6. The van der Waals surface area contributed by atoms with Gasteiger partial charge in [-0.25, -0.2) is 0 Å². The second-order valence-corrected chi connectivity index (χ2v) is 10.5. The monoisotopic (exact) mass is 507 g/mol. The Bertz CT molecular complexity index is 1060. The summed E-state index contributed by atoms with van der Waals surface area (Å²) in [6.07, 6.45) is 5.64. The molecule has 0 aliphatic carbocycles. The molecule has 0 unspecified atom stereocenters. The summed E-state index contributed by atoms with van der Waals surface area (Å²) in [6, 6.07) is 16.0. The largest absolute Gasteiger partial charge is 0.495 e. The zero-order valence-corrected chi connectivity index (χ0v) is 22.5. The lowest BCUT2D eigenvalue weighted by molar-refractivity contribution is -0.141. The van der Waals surface area contributed by atoms with Crippen LogP contribution in [-0.2, 0) is 16.0 Å². The number of likely N-dealkylation sites (tertiary alicyclic amines) is 1. The van der Waals surface area contributed by atoms with E-state index in [2.05, 4.69) is 22.3 Å². The highest BCUT2D eigenvalue weighted by molar-refractivity contribution is 5.84. The zero-order chi connectivity index (χ0) is 26.3. The molecule has 0 aromatic heterocycles. The van der Waals surface area contributed by atoms with Crippen molar-refractivity contribution in [3.8, 4) is 11.5 Å². The molecule has 1 fully saturated rings. The minimum Gasteiger partial charge on any atom is -0.495 e. The van der Waals surface area contributed by atoms with Crippen LogP contribution < -0.4 is 19.7 Å². The van der Waals surface area contributed by atoms with Gasteiger partial charge in [-0.3, -0.25) is 9.59 Å². The van der Waals surface area contributed by atoms with Crippen LogP contribution in [0.25, 0.3) is 0 Å². The number of aryl methyl sites for hydroxylation is 1. The highest BCUT2D eigenvalue weighted by atomic mass is 16.5. The SMILES string of the molecule is COc1ccccc1N(C)CCC(=O)N1CCC2(CCCCc3ccccc3OC[C@@H](C)NC2=O)CC1. The molecule has 200 valence electrons. The number of hydrogen-bond donors (Lipinski definition) is 1. The molecule has 2 heterocycles. The number of rotatable bonds is 5. The van der Waals surface area contributed by atoms with Crippen molar-refractivity contribution in [2.45, 2.75) is 57.9 Å². The first-order chi connectivity index (χ1) is 17.9. The summed E-state index contributed by atoms with van der Waals surface area (Å²) >= 11 is 0. The number of methoxy groups -OCH3 is 1. The topological polar surface area (TPSA) is 71.1 Å². The Labute approximate surface area is 221 Å². The number of para-hydroxylation sites is 3. The standard InChI is InChI=1S/C30H41N3O4/c1-23-22-37-26-13-6-4-10-24(26)11-8-9-16-30(29(35)31-23)17-20-33(21-18-30)28(34)15-19-32(2)25-12-5-7-14-27(25)36-3/h4-7,10,12-14,23H,8-9,11,15-22H2,1-3H3,(H,31,35)/t23-/m1/s1. The molecule has 0 saturated carbocycles. The van der Waals surface area contributed by atoms with Crippen molar-refractivity contribution in [1.82, 2.24) is 10.2 Å². The number of piperidine rings is 1. The maximum absolute atomic E-state index is 13.5. The lowest BCUT2D eigenvalue weighted by Gasteiger charge is -2.41. The molecular weight excluding hydrogens is 466 g/mol. The number of benzene rings is 2. The van der Waals surface area contributed by atoms with Crippen molar-refractivity contribution in [2.24, 2.45) is 5.41 Å². The Morgan fingerprint density at radius 1 is 1.11 bits per heavy atom. The van der Waals surface area contributed by atoms with Crippen LogP contribution in [0.5, 0.6) is 11.5 Å². The normalized spacial score (nSPS) is 20.0. The average Bonchev–Trinajstić information content (AvgIpc) is 2.93. The smallest absolute Gasteiger partial charge is 0.226 e. The van der Waals surface area contributed by atoms with Gasteiger partial charge in [0.15, 0.2) is 0 Å². The average molecular weight is 508 g/mol. The van der Waals surface area contributed by atoms with E-state index in [1.54, 1.807) is 7.11 Å². The third-order valence-electron chi connectivity index (χ3n) is 7.90. The summed E-state index contributed by atoms with van der Waals surface area (Å²) in [5.41, 5.74) is 1.79. The van der Waals surface area contributed by atoms with Gasteiger partial charge < -0.3 is 24.6 Å². The minimum atomic E-state index is -0.419. The molecule has 1 spiro atoms. The van der Waals surface area contributed by atoms with Crippen LogP contribution in [0.1, 0.15) is 51.0 Å². The Hall–Kier alpha value is -3.22. The minimum absolute atomic E-state index is 0.0814. The number of carbonyl (C=O) groups excluding carboxylic acids is 2. The van der Waals surface area contributed by atoms with Gasteiger partial charge in [-0.05, 0) is 62.8 Å². The Morgan fingerprint density at radius 3 is 2.62 bits per heavy atom. The Balaban J connectivity index is 1.34. The molecule has 2 amide bonds. The van der Waals surface area contributed by atoms with Crippen LogP contribution in [0.2, 0.25) is 0 Å². The third kappa shape index (κ3) is 6.56. The summed E-state index contributed by atoms with van der Waals surface area (Å²) in [7, 11) is 3.64. The van der Waals surface area contributed by atoms with Gasteiger partial charge in [-0.1, -0.05) is 36.8 Å². The van der Waals surface area contributed by atoms with Crippen LogP contribution in [0, 0.1) is 5.41 Å². The summed E-state index contributed by atoms with van der Waals surface area (Å²) in [6.45, 7) is 4.30. The summed E-state index contributed by atoms with van der Waals surface area (Å²) in [5, 5.41) is 3.22. The van der Waals surface area contributed by atoms with Gasteiger partial charge in [0.25, 0.3) is 0 Å². The fourth-order valence-corrected chi connectivity index (χ4v) is 5.53. The number of fused-ring (bicyclic) bond motifs is 1.